The zero-order valence-corrected chi connectivity index (χ0v) is 17.9. The van der Waals surface area contributed by atoms with Crippen LogP contribution in [0.25, 0.3) is 0 Å². The van der Waals surface area contributed by atoms with Gasteiger partial charge in [-0.2, -0.15) is 13.2 Å². The molecule has 1 heterocycles. The standard InChI is InChI=1S/C19H28ClF3N4O2/c1-5-29-17-15(20)10-14(11-16(17)28-4)12-25-18(24-3)27-8-6-26(7-9-27)13(2)19(21,22)23/h10-11,13H,5-9,12H2,1-4H3,(H,24,25). The Bertz CT molecular complexity index is 707. The average Bonchev–Trinajstić information content (AvgIpc) is 2.69. The highest BCUT2D eigenvalue weighted by Crippen LogP contribution is 2.36. The lowest BCUT2D eigenvalue weighted by Crippen LogP contribution is -2.56. The van der Waals surface area contributed by atoms with Crippen molar-refractivity contribution < 1.29 is 22.6 Å². The highest BCUT2D eigenvalue weighted by molar-refractivity contribution is 6.32. The number of piperazine rings is 1. The third kappa shape index (κ3) is 6.05. The van der Waals surface area contributed by atoms with E-state index in [1.807, 2.05) is 17.9 Å². The number of hydrogen-bond donors (Lipinski definition) is 1. The monoisotopic (exact) mass is 436 g/mol. The summed E-state index contributed by atoms with van der Waals surface area (Å²) in [5, 5.41) is 3.69. The number of benzene rings is 1. The summed E-state index contributed by atoms with van der Waals surface area (Å²) in [6.45, 7) is 5.55. The summed E-state index contributed by atoms with van der Waals surface area (Å²) >= 11 is 6.30. The molecule has 0 bridgehead atoms. The van der Waals surface area contributed by atoms with Crippen molar-refractivity contribution in [3.8, 4) is 11.5 Å². The summed E-state index contributed by atoms with van der Waals surface area (Å²) in [5.74, 6) is 1.67. The van der Waals surface area contributed by atoms with Crippen LogP contribution in [-0.4, -0.2) is 74.9 Å². The minimum atomic E-state index is -4.21. The van der Waals surface area contributed by atoms with E-state index in [9.17, 15) is 13.2 Å². The molecular weight excluding hydrogens is 409 g/mol. The number of nitrogens with zero attached hydrogens (tertiary/aromatic N) is 3. The predicted molar refractivity (Wildman–Crippen MR) is 108 cm³/mol. The van der Waals surface area contributed by atoms with Crippen molar-refractivity contribution in [2.24, 2.45) is 4.99 Å². The number of nitrogens with one attached hydrogen (secondary N) is 1. The molecule has 0 saturated carbocycles. The Balaban J connectivity index is 1.97. The van der Waals surface area contributed by atoms with Crippen LogP contribution in [0.4, 0.5) is 13.2 Å². The molecule has 1 aromatic rings. The maximum Gasteiger partial charge on any atom is 0.403 e. The molecule has 0 spiro atoms. The summed E-state index contributed by atoms with van der Waals surface area (Å²) in [6.07, 6.45) is -4.21. The first-order valence-corrected chi connectivity index (χ1v) is 9.84. The lowest BCUT2D eigenvalue weighted by molar-refractivity contribution is -0.181. The van der Waals surface area contributed by atoms with Gasteiger partial charge >= 0.3 is 6.18 Å². The van der Waals surface area contributed by atoms with E-state index in [2.05, 4.69) is 10.3 Å². The van der Waals surface area contributed by atoms with Crippen LogP contribution in [0.5, 0.6) is 11.5 Å². The Hall–Kier alpha value is -1.87. The van der Waals surface area contributed by atoms with Crippen LogP contribution >= 0.6 is 11.6 Å². The van der Waals surface area contributed by atoms with Gasteiger partial charge in [-0.15, -0.1) is 0 Å². The Labute approximate surface area is 174 Å². The van der Waals surface area contributed by atoms with Crippen molar-refractivity contribution in [3.05, 3.63) is 22.7 Å². The predicted octanol–water partition coefficient (Wildman–Crippen LogP) is 3.39. The van der Waals surface area contributed by atoms with E-state index in [4.69, 9.17) is 21.1 Å². The fourth-order valence-corrected chi connectivity index (χ4v) is 3.49. The number of ether oxygens (including phenoxy) is 2. The molecule has 1 aliphatic rings. The second-order valence-corrected chi connectivity index (χ2v) is 7.09. The molecule has 2 rings (SSSR count). The van der Waals surface area contributed by atoms with Crippen LogP contribution in [0, 0.1) is 0 Å². The minimum Gasteiger partial charge on any atom is -0.493 e. The van der Waals surface area contributed by atoms with E-state index in [-0.39, 0.29) is 0 Å². The Kier molecular flexibility index (Phi) is 8.27. The highest BCUT2D eigenvalue weighted by Gasteiger charge is 2.41. The second kappa shape index (κ2) is 10.2. The topological polar surface area (TPSA) is 49.3 Å². The summed E-state index contributed by atoms with van der Waals surface area (Å²) < 4.78 is 49.6. The molecule has 1 saturated heterocycles. The number of guanidine groups is 1. The van der Waals surface area contributed by atoms with E-state index < -0.39 is 12.2 Å². The van der Waals surface area contributed by atoms with Crippen LogP contribution in [0.2, 0.25) is 5.02 Å². The first kappa shape index (κ1) is 23.4. The van der Waals surface area contributed by atoms with Gasteiger partial charge in [-0.3, -0.25) is 9.89 Å². The molecule has 0 aliphatic carbocycles. The van der Waals surface area contributed by atoms with Crippen molar-refractivity contribution in [2.75, 3.05) is 46.9 Å². The third-order valence-corrected chi connectivity index (χ3v) is 5.16. The molecule has 1 fully saturated rings. The van der Waals surface area contributed by atoms with Gasteiger partial charge in [0.2, 0.25) is 0 Å². The number of alkyl halides is 3. The van der Waals surface area contributed by atoms with Crippen LogP contribution in [0.3, 0.4) is 0 Å². The molecule has 1 aliphatic heterocycles. The van der Waals surface area contributed by atoms with Gasteiger partial charge in [0.05, 0.1) is 18.7 Å². The van der Waals surface area contributed by atoms with Crippen molar-refractivity contribution in [2.45, 2.75) is 32.6 Å². The number of rotatable bonds is 6. The van der Waals surface area contributed by atoms with E-state index in [1.165, 1.54) is 11.8 Å². The van der Waals surface area contributed by atoms with E-state index in [0.717, 1.165) is 5.56 Å². The lowest BCUT2D eigenvalue weighted by Gasteiger charge is -2.39. The van der Waals surface area contributed by atoms with Crippen molar-refractivity contribution in [1.82, 2.24) is 15.1 Å². The molecule has 0 amide bonds. The van der Waals surface area contributed by atoms with Crippen LogP contribution < -0.4 is 14.8 Å². The summed E-state index contributed by atoms with van der Waals surface area (Å²) in [4.78, 5) is 7.66. The zero-order valence-electron chi connectivity index (χ0n) is 17.1. The molecule has 10 heteroatoms. The maximum atomic E-state index is 12.9. The van der Waals surface area contributed by atoms with E-state index >= 15 is 0 Å². The fraction of sp³-hybridized carbons (Fsp3) is 0.632. The average molecular weight is 437 g/mol. The van der Waals surface area contributed by atoms with Gasteiger partial charge in [-0.05, 0) is 31.5 Å². The van der Waals surface area contributed by atoms with Gasteiger partial charge < -0.3 is 19.7 Å². The molecule has 1 N–H and O–H groups in total. The normalized spacial score (nSPS) is 17.2. The molecule has 1 atom stereocenters. The Morgan fingerprint density at radius 1 is 1.28 bits per heavy atom. The molecular formula is C19H28ClF3N4O2. The van der Waals surface area contributed by atoms with Crippen molar-refractivity contribution in [3.63, 3.8) is 0 Å². The lowest BCUT2D eigenvalue weighted by atomic mass is 10.2. The molecule has 164 valence electrons. The summed E-state index contributed by atoms with van der Waals surface area (Å²) in [7, 11) is 3.20. The van der Waals surface area contributed by atoms with Crippen LogP contribution in [-0.2, 0) is 6.54 Å². The molecule has 6 nitrogen and oxygen atoms in total. The molecule has 1 unspecified atom stereocenters. The van der Waals surface area contributed by atoms with Gasteiger partial charge in [0.15, 0.2) is 17.5 Å². The molecule has 1 aromatic carbocycles. The first-order chi connectivity index (χ1) is 13.7. The van der Waals surface area contributed by atoms with Gasteiger partial charge in [0.1, 0.15) is 6.04 Å². The highest BCUT2D eigenvalue weighted by atomic mass is 35.5. The van der Waals surface area contributed by atoms with E-state index in [1.54, 1.807) is 20.2 Å². The fourth-order valence-electron chi connectivity index (χ4n) is 3.20. The largest absolute Gasteiger partial charge is 0.493 e. The van der Waals surface area contributed by atoms with E-state index in [0.29, 0.717) is 61.8 Å². The summed E-state index contributed by atoms with van der Waals surface area (Å²) in [5.41, 5.74) is 0.876. The zero-order chi connectivity index (χ0) is 21.6. The van der Waals surface area contributed by atoms with Crippen LogP contribution in [0.15, 0.2) is 17.1 Å². The maximum absolute atomic E-state index is 12.9. The minimum absolute atomic E-state index is 0.323. The smallest absolute Gasteiger partial charge is 0.403 e. The van der Waals surface area contributed by atoms with Gasteiger partial charge in [0, 0.05) is 39.8 Å². The van der Waals surface area contributed by atoms with Crippen molar-refractivity contribution in [1.29, 1.82) is 0 Å². The Morgan fingerprint density at radius 3 is 2.45 bits per heavy atom. The molecule has 0 radical (unpaired) electrons. The summed E-state index contributed by atoms with van der Waals surface area (Å²) in [6, 6.07) is 2.18. The van der Waals surface area contributed by atoms with Gasteiger partial charge in [0.25, 0.3) is 0 Å². The van der Waals surface area contributed by atoms with Crippen LogP contribution in [0.1, 0.15) is 19.4 Å². The second-order valence-electron chi connectivity index (χ2n) is 6.68. The van der Waals surface area contributed by atoms with Gasteiger partial charge in [-0.25, -0.2) is 0 Å². The molecule has 0 aromatic heterocycles. The van der Waals surface area contributed by atoms with Crippen molar-refractivity contribution >= 4 is 17.6 Å². The number of aliphatic imine (C=N–C) groups is 1. The first-order valence-electron chi connectivity index (χ1n) is 9.46. The van der Waals surface area contributed by atoms with Gasteiger partial charge in [-0.1, -0.05) is 11.6 Å². The third-order valence-electron chi connectivity index (χ3n) is 4.88. The quantitative estimate of drug-likeness (QED) is 0.547. The number of methoxy groups -OCH3 is 1. The number of halogens is 4. The number of hydrogen-bond acceptors (Lipinski definition) is 4. The Morgan fingerprint density at radius 2 is 1.93 bits per heavy atom. The SMILES string of the molecule is CCOc1c(Cl)cc(CNC(=NC)N2CCN(C(C)C(F)(F)F)CC2)cc1OC. The molecule has 29 heavy (non-hydrogen) atoms.